The number of carboxylic acid groups (broad SMARTS) is 2. The molecule has 0 aliphatic heterocycles. The number of hydrogen-bond donors (Lipinski definition) is 2. The summed E-state index contributed by atoms with van der Waals surface area (Å²) in [5.74, 6) is -2.58. The van der Waals surface area contributed by atoms with E-state index >= 15 is 0 Å². The quantitative estimate of drug-likeness (QED) is 0.255. The SMILES string of the molecule is CCCC(CCC)=C(CCC)OC(=O)CCn1c(=O)n(CCC(=O)O)c(=O)n(CCC(=O)O)c1=O. The van der Waals surface area contributed by atoms with Crippen LogP contribution in [-0.2, 0) is 38.8 Å². The van der Waals surface area contributed by atoms with Crippen LogP contribution in [-0.4, -0.2) is 41.8 Å². The van der Waals surface area contributed by atoms with Crippen molar-refractivity contribution in [1.82, 2.24) is 13.7 Å². The molecule has 0 atom stereocenters. The monoisotopic (exact) mass is 497 g/mol. The van der Waals surface area contributed by atoms with Crippen molar-refractivity contribution in [3.8, 4) is 0 Å². The van der Waals surface area contributed by atoms with E-state index in [1.165, 1.54) is 0 Å². The number of allylic oxidation sites excluding steroid dienone is 2. The van der Waals surface area contributed by atoms with Crippen LogP contribution in [0.1, 0.15) is 78.6 Å². The molecule has 0 spiro atoms. The predicted octanol–water partition coefficient (Wildman–Crippen LogP) is 1.71. The van der Waals surface area contributed by atoms with E-state index in [1.807, 2.05) is 20.8 Å². The molecule has 12 heteroatoms. The van der Waals surface area contributed by atoms with Crippen LogP contribution < -0.4 is 17.1 Å². The fourth-order valence-electron chi connectivity index (χ4n) is 3.60. The van der Waals surface area contributed by atoms with Crippen molar-refractivity contribution in [2.24, 2.45) is 0 Å². The third-order valence-corrected chi connectivity index (χ3v) is 5.24. The van der Waals surface area contributed by atoms with Gasteiger partial charge in [0.15, 0.2) is 0 Å². The fourth-order valence-corrected chi connectivity index (χ4v) is 3.60. The fraction of sp³-hybridized carbons (Fsp3) is 0.652. The maximum absolute atomic E-state index is 12.8. The van der Waals surface area contributed by atoms with E-state index in [0.717, 1.165) is 37.7 Å². The summed E-state index contributed by atoms with van der Waals surface area (Å²) in [5.41, 5.74) is -2.18. The molecular weight excluding hydrogens is 462 g/mol. The Morgan fingerprint density at radius 3 is 1.34 bits per heavy atom. The molecule has 1 rings (SSSR count). The average Bonchev–Trinajstić information content (AvgIpc) is 2.78. The smallest absolute Gasteiger partial charge is 0.336 e. The average molecular weight is 498 g/mol. The molecular formula is C23H35N3O9. The summed E-state index contributed by atoms with van der Waals surface area (Å²) < 4.78 is 7.35. The van der Waals surface area contributed by atoms with Crippen LogP contribution in [0.2, 0.25) is 0 Å². The van der Waals surface area contributed by atoms with Gasteiger partial charge in [0.05, 0.1) is 19.3 Å². The van der Waals surface area contributed by atoms with Crippen molar-refractivity contribution in [3.63, 3.8) is 0 Å². The van der Waals surface area contributed by atoms with Gasteiger partial charge in [0.2, 0.25) is 0 Å². The highest BCUT2D eigenvalue weighted by molar-refractivity contribution is 5.70. The third-order valence-electron chi connectivity index (χ3n) is 5.24. The maximum Gasteiger partial charge on any atom is 0.336 e. The first-order valence-electron chi connectivity index (χ1n) is 11.9. The van der Waals surface area contributed by atoms with Crippen LogP contribution in [0.15, 0.2) is 25.7 Å². The molecule has 0 bridgehead atoms. The van der Waals surface area contributed by atoms with Gasteiger partial charge in [0.25, 0.3) is 0 Å². The second-order valence-corrected chi connectivity index (χ2v) is 8.09. The number of esters is 1. The van der Waals surface area contributed by atoms with Crippen molar-refractivity contribution in [2.45, 2.75) is 98.2 Å². The number of aromatic nitrogens is 3. The van der Waals surface area contributed by atoms with Crippen molar-refractivity contribution in [3.05, 3.63) is 42.8 Å². The highest BCUT2D eigenvalue weighted by Gasteiger charge is 2.19. The molecule has 12 nitrogen and oxygen atoms in total. The van der Waals surface area contributed by atoms with Gasteiger partial charge in [0.1, 0.15) is 5.76 Å². The van der Waals surface area contributed by atoms with Gasteiger partial charge in [-0.05, 0) is 24.8 Å². The lowest BCUT2D eigenvalue weighted by atomic mass is 10.0. The standard InChI is InChI=1S/C23H35N3O9/c1-4-7-16(8-5-2)17(9-6-3)35-20(31)12-15-26-22(33)24(13-10-18(27)28)21(32)25(23(26)34)14-11-19(29)30/h4-15H2,1-3H3,(H,27,28)(H,29,30). The topological polar surface area (TPSA) is 167 Å². The van der Waals surface area contributed by atoms with Crippen LogP contribution in [0.25, 0.3) is 0 Å². The molecule has 196 valence electrons. The summed E-state index contributed by atoms with van der Waals surface area (Å²) in [6, 6.07) is 0. The van der Waals surface area contributed by atoms with Crippen molar-refractivity contribution in [2.75, 3.05) is 0 Å². The van der Waals surface area contributed by atoms with Crippen LogP contribution in [0.4, 0.5) is 0 Å². The molecule has 0 saturated carbocycles. The Labute approximate surface area is 202 Å². The second-order valence-electron chi connectivity index (χ2n) is 8.09. The number of carboxylic acids is 2. The van der Waals surface area contributed by atoms with Crippen LogP contribution in [0.5, 0.6) is 0 Å². The summed E-state index contributed by atoms with van der Waals surface area (Å²) in [5, 5.41) is 17.8. The second kappa shape index (κ2) is 14.7. The van der Waals surface area contributed by atoms with Gasteiger partial charge >= 0.3 is 35.0 Å². The van der Waals surface area contributed by atoms with Gasteiger partial charge in [-0.25, -0.2) is 28.1 Å². The molecule has 0 unspecified atom stereocenters. The molecule has 0 aliphatic rings. The van der Waals surface area contributed by atoms with Gasteiger partial charge < -0.3 is 14.9 Å². The Kier molecular flexibility index (Phi) is 12.5. The number of aliphatic carboxylic acids is 2. The van der Waals surface area contributed by atoms with E-state index < -0.39 is 67.5 Å². The van der Waals surface area contributed by atoms with E-state index in [0.29, 0.717) is 25.9 Å². The van der Waals surface area contributed by atoms with E-state index in [1.54, 1.807) is 0 Å². The highest BCUT2D eigenvalue weighted by Crippen LogP contribution is 2.22. The predicted molar refractivity (Wildman–Crippen MR) is 126 cm³/mol. The van der Waals surface area contributed by atoms with Crippen molar-refractivity contribution < 1.29 is 29.3 Å². The Bertz CT molecular complexity index is 1040. The third kappa shape index (κ3) is 9.02. The maximum atomic E-state index is 12.8. The minimum Gasteiger partial charge on any atom is -0.481 e. The molecule has 35 heavy (non-hydrogen) atoms. The molecule has 1 aromatic heterocycles. The first-order chi connectivity index (χ1) is 16.6. The number of rotatable bonds is 16. The lowest BCUT2D eigenvalue weighted by Gasteiger charge is -2.15. The van der Waals surface area contributed by atoms with Gasteiger partial charge in [-0.15, -0.1) is 0 Å². The van der Waals surface area contributed by atoms with E-state index in [2.05, 4.69) is 0 Å². The van der Waals surface area contributed by atoms with Crippen molar-refractivity contribution in [1.29, 1.82) is 0 Å². The molecule has 1 aromatic rings. The molecule has 0 saturated heterocycles. The van der Waals surface area contributed by atoms with E-state index in [9.17, 15) is 28.8 Å². The first kappa shape index (κ1) is 29.6. The number of nitrogens with zero attached hydrogens (tertiary/aromatic N) is 3. The van der Waals surface area contributed by atoms with Gasteiger partial charge in [-0.2, -0.15) is 0 Å². The molecule has 0 amide bonds. The number of ether oxygens (including phenoxy) is 1. The van der Waals surface area contributed by atoms with Crippen LogP contribution in [0.3, 0.4) is 0 Å². The zero-order valence-electron chi connectivity index (χ0n) is 20.6. The lowest BCUT2D eigenvalue weighted by molar-refractivity contribution is -0.140. The summed E-state index contributed by atoms with van der Waals surface area (Å²) in [6.45, 7) is 4.59. The lowest BCUT2D eigenvalue weighted by Crippen LogP contribution is -2.55. The molecule has 2 N–H and O–H groups in total. The van der Waals surface area contributed by atoms with E-state index in [4.69, 9.17) is 14.9 Å². The minimum absolute atomic E-state index is 0.343. The summed E-state index contributed by atoms with van der Waals surface area (Å²) in [4.78, 5) is 72.6. The first-order valence-corrected chi connectivity index (χ1v) is 11.9. The molecule has 0 radical (unpaired) electrons. The summed E-state index contributed by atoms with van der Waals surface area (Å²) >= 11 is 0. The zero-order chi connectivity index (χ0) is 26.5. The van der Waals surface area contributed by atoms with E-state index in [-0.39, 0.29) is 6.42 Å². The Hall–Kier alpha value is -3.44. The Morgan fingerprint density at radius 2 is 1.00 bits per heavy atom. The Balaban J connectivity index is 3.29. The molecule has 1 heterocycles. The molecule has 0 aromatic carbocycles. The number of carbonyl (C=O) groups is 3. The largest absolute Gasteiger partial charge is 0.481 e. The number of hydrogen-bond acceptors (Lipinski definition) is 7. The zero-order valence-corrected chi connectivity index (χ0v) is 20.6. The van der Waals surface area contributed by atoms with Crippen LogP contribution >= 0.6 is 0 Å². The summed E-state index contributed by atoms with van der Waals surface area (Å²) in [6.07, 6.45) is 3.24. The molecule has 0 aliphatic carbocycles. The van der Waals surface area contributed by atoms with Gasteiger partial charge in [-0.1, -0.05) is 33.6 Å². The highest BCUT2D eigenvalue weighted by atomic mass is 16.5. The minimum atomic E-state index is -1.26. The van der Waals surface area contributed by atoms with Crippen molar-refractivity contribution >= 4 is 17.9 Å². The Morgan fingerprint density at radius 1 is 0.629 bits per heavy atom. The normalized spacial score (nSPS) is 10.7. The summed E-state index contributed by atoms with van der Waals surface area (Å²) in [7, 11) is 0. The number of carbonyl (C=O) groups excluding carboxylic acids is 1. The van der Waals surface area contributed by atoms with Gasteiger partial charge in [0, 0.05) is 26.1 Å². The van der Waals surface area contributed by atoms with Gasteiger partial charge in [-0.3, -0.25) is 14.4 Å². The van der Waals surface area contributed by atoms with Crippen LogP contribution in [0, 0.1) is 0 Å². The molecule has 0 fully saturated rings.